The first-order chi connectivity index (χ1) is 26.8. The summed E-state index contributed by atoms with van der Waals surface area (Å²) in [5.74, 6) is 0.906. The molecule has 0 saturated carbocycles. The number of aromatic nitrogens is 4. The first-order valence-corrected chi connectivity index (χ1v) is 18.4. The largest absolute Gasteiger partial charge is 0.309 e. The Morgan fingerprint density at radius 3 is 1.59 bits per heavy atom. The van der Waals surface area contributed by atoms with Gasteiger partial charge in [-0.1, -0.05) is 97.1 Å². The molecular weight excluding hydrogens is 659 g/mol. The summed E-state index contributed by atoms with van der Waals surface area (Å²) in [5, 5.41) is 5.03. The number of imidazole rings is 1. The summed E-state index contributed by atoms with van der Waals surface area (Å²) in [7, 11) is 0. The molecule has 0 saturated heterocycles. The third-order valence-corrected chi connectivity index (χ3v) is 11.2. The average molecular weight is 690 g/mol. The van der Waals surface area contributed by atoms with Crippen LogP contribution in [0.3, 0.4) is 0 Å². The fourth-order valence-electron chi connectivity index (χ4n) is 8.88. The molecule has 12 rings (SSSR count). The lowest BCUT2D eigenvalue weighted by atomic mass is 10.1. The van der Waals surface area contributed by atoms with Crippen LogP contribution in [-0.4, -0.2) is 18.7 Å². The van der Waals surface area contributed by atoms with Crippen LogP contribution >= 0.6 is 0 Å². The van der Waals surface area contributed by atoms with Gasteiger partial charge in [0.25, 0.3) is 0 Å². The van der Waals surface area contributed by atoms with Crippen LogP contribution in [0.15, 0.2) is 188 Å². The standard InChI is InChI=1S/C49H31N5/c1-2-13-33(14-3-1)53-47-31-35(52-44-22-10-11-23-45(44)54-43-21-9-6-17-38(43)39-18-12-24-46(52)48(39)54)29-30-40(47)50-49(53)32-25-27-34(28-26-32)51-41-19-7-4-15-36(41)37-16-5-8-20-42(37)51/h1-31H. The molecule has 0 amide bonds. The molecule has 8 aromatic carbocycles. The van der Waals surface area contributed by atoms with E-state index in [4.69, 9.17) is 4.98 Å². The maximum atomic E-state index is 5.32. The van der Waals surface area contributed by atoms with Crippen molar-refractivity contribution in [1.82, 2.24) is 18.7 Å². The highest BCUT2D eigenvalue weighted by Crippen LogP contribution is 2.50. The van der Waals surface area contributed by atoms with Crippen molar-refractivity contribution in [2.24, 2.45) is 0 Å². The minimum absolute atomic E-state index is 0.906. The van der Waals surface area contributed by atoms with Crippen LogP contribution in [0.2, 0.25) is 0 Å². The first kappa shape index (κ1) is 29.2. The van der Waals surface area contributed by atoms with Gasteiger partial charge in [0, 0.05) is 44.2 Å². The first-order valence-electron chi connectivity index (χ1n) is 18.4. The minimum Gasteiger partial charge on any atom is -0.309 e. The Labute approximate surface area is 310 Å². The Balaban J connectivity index is 1.05. The van der Waals surface area contributed by atoms with Gasteiger partial charge in [-0.05, 0) is 91.0 Å². The molecule has 0 fully saturated rings. The number of hydrogen-bond acceptors (Lipinski definition) is 2. The maximum absolute atomic E-state index is 5.32. The molecule has 0 bridgehead atoms. The average Bonchev–Trinajstić information content (AvgIpc) is 3.90. The number of para-hydroxylation sites is 7. The quantitative estimate of drug-likeness (QED) is 0.184. The Morgan fingerprint density at radius 2 is 0.870 bits per heavy atom. The molecule has 54 heavy (non-hydrogen) atoms. The molecule has 1 aliphatic rings. The molecule has 4 heterocycles. The van der Waals surface area contributed by atoms with Crippen molar-refractivity contribution in [3.63, 3.8) is 0 Å². The number of hydrogen-bond donors (Lipinski definition) is 0. The van der Waals surface area contributed by atoms with Gasteiger partial charge in [-0.15, -0.1) is 0 Å². The van der Waals surface area contributed by atoms with E-state index in [2.05, 4.69) is 207 Å². The second kappa shape index (κ2) is 11.1. The maximum Gasteiger partial charge on any atom is 0.145 e. The molecular formula is C49H31N5. The van der Waals surface area contributed by atoms with Gasteiger partial charge in [-0.2, -0.15) is 0 Å². The van der Waals surface area contributed by atoms with Crippen molar-refractivity contribution in [1.29, 1.82) is 0 Å². The Morgan fingerprint density at radius 1 is 0.333 bits per heavy atom. The SMILES string of the molecule is c1ccc(-n2c(-c3ccc(-n4c5ccccc5c5ccccc54)cc3)nc3ccc(N4c5ccccc5-n5c6ccccc6c6cccc4c65)cc32)cc1. The lowest BCUT2D eigenvalue weighted by Crippen LogP contribution is -2.18. The van der Waals surface area contributed by atoms with E-state index in [1.807, 2.05) is 0 Å². The Kier molecular flexibility index (Phi) is 5.99. The normalized spacial score (nSPS) is 12.4. The van der Waals surface area contributed by atoms with E-state index in [-0.39, 0.29) is 0 Å². The lowest BCUT2D eigenvalue weighted by Gasteiger charge is -2.33. The molecule has 11 aromatic rings. The van der Waals surface area contributed by atoms with Crippen LogP contribution in [0.5, 0.6) is 0 Å². The summed E-state index contributed by atoms with van der Waals surface area (Å²) < 4.78 is 7.10. The van der Waals surface area contributed by atoms with Gasteiger partial charge in [0.05, 0.1) is 50.2 Å². The molecule has 1 aliphatic heterocycles. The molecule has 3 aromatic heterocycles. The molecule has 0 N–H and O–H groups in total. The van der Waals surface area contributed by atoms with Crippen LogP contribution in [0.1, 0.15) is 0 Å². The second-order valence-electron chi connectivity index (χ2n) is 14.0. The van der Waals surface area contributed by atoms with Crippen LogP contribution < -0.4 is 4.90 Å². The van der Waals surface area contributed by atoms with E-state index in [1.165, 1.54) is 49.3 Å². The highest BCUT2D eigenvalue weighted by molar-refractivity contribution is 6.16. The summed E-state index contributed by atoms with van der Waals surface area (Å²) in [6.45, 7) is 0. The van der Waals surface area contributed by atoms with E-state index in [0.29, 0.717) is 0 Å². The van der Waals surface area contributed by atoms with Crippen molar-refractivity contribution in [3.8, 4) is 28.5 Å². The fraction of sp³-hybridized carbons (Fsp3) is 0. The fourth-order valence-corrected chi connectivity index (χ4v) is 8.88. The number of nitrogens with zero attached hydrogens (tertiary/aromatic N) is 5. The molecule has 5 heteroatoms. The summed E-state index contributed by atoms with van der Waals surface area (Å²) >= 11 is 0. The third kappa shape index (κ3) is 4.01. The molecule has 0 atom stereocenters. The summed E-state index contributed by atoms with van der Waals surface area (Å²) in [6.07, 6.45) is 0. The third-order valence-electron chi connectivity index (χ3n) is 11.2. The Bertz CT molecular complexity index is 3220. The zero-order valence-corrected chi connectivity index (χ0v) is 29.1. The topological polar surface area (TPSA) is 30.9 Å². The molecule has 0 aliphatic carbocycles. The molecule has 0 spiro atoms. The zero-order valence-electron chi connectivity index (χ0n) is 29.1. The highest BCUT2D eigenvalue weighted by atomic mass is 15.2. The van der Waals surface area contributed by atoms with Crippen molar-refractivity contribution in [2.75, 3.05) is 4.90 Å². The highest BCUT2D eigenvalue weighted by Gasteiger charge is 2.29. The van der Waals surface area contributed by atoms with E-state index in [9.17, 15) is 0 Å². The molecule has 5 nitrogen and oxygen atoms in total. The minimum atomic E-state index is 0.906. The van der Waals surface area contributed by atoms with E-state index >= 15 is 0 Å². The van der Waals surface area contributed by atoms with Gasteiger partial charge < -0.3 is 14.0 Å². The number of fused-ring (bicyclic) bond motifs is 9. The monoisotopic (exact) mass is 689 g/mol. The summed E-state index contributed by atoms with van der Waals surface area (Å²) in [6, 6.07) is 67.6. The van der Waals surface area contributed by atoms with Crippen molar-refractivity contribution in [3.05, 3.63) is 188 Å². The predicted octanol–water partition coefficient (Wildman–Crippen LogP) is 12.7. The van der Waals surface area contributed by atoms with Crippen molar-refractivity contribution < 1.29 is 0 Å². The summed E-state index contributed by atoms with van der Waals surface area (Å²) in [5.41, 5.74) is 14.6. The van der Waals surface area contributed by atoms with Gasteiger partial charge in [-0.25, -0.2) is 4.98 Å². The zero-order chi connectivity index (χ0) is 35.3. The van der Waals surface area contributed by atoms with Crippen LogP contribution in [-0.2, 0) is 0 Å². The smallest absolute Gasteiger partial charge is 0.145 e. The van der Waals surface area contributed by atoms with Crippen LogP contribution in [0.4, 0.5) is 17.1 Å². The van der Waals surface area contributed by atoms with Gasteiger partial charge in [-0.3, -0.25) is 4.57 Å². The van der Waals surface area contributed by atoms with Crippen molar-refractivity contribution >= 4 is 71.7 Å². The van der Waals surface area contributed by atoms with Gasteiger partial charge in [0.1, 0.15) is 5.82 Å². The predicted molar refractivity (Wildman–Crippen MR) is 223 cm³/mol. The van der Waals surface area contributed by atoms with E-state index < -0.39 is 0 Å². The van der Waals surface area contributed by atoms with E-state index in [0.717, 1.165) is 50.9 Å². The number of rotatable bonds is 4. The Hall–Kier alpha value is -7.37. The lowest BCUT2D eigenvalue weighted by molar-refractivity contribution is 1.10. The molecule has 0 unspecified atom stereocenters. The van der Waals surface area contributed by atoms with Crippen LogP contribution in [0.25, 0.3) is 83.1 Å². The van der Waals surface area contributed by atoms with E-state index in [1.54, 1.807) is 0 Å². The van der Waals surface area contributed by atoms with Gasteiger partial charge in [0.15, 0.2) is 0 Å². The summed E-state index contributed by atoms with van der Waals surface area (Å²) in [4.78, 5) is 7.73. The molecule has 252 valence electrons. The van der Waals surface area contributed by atoms with Gasteiger partial charge >= 0.3 is 0 Å². The second-order valence-corrected chi connectivity index (χ2v) is 14.0. The van der Waals surface area contributed by atoms with Gasteiger partial charge in [0.2, 0.25) is 0 Å². The van der Waals surface area contributed by atoms with Crippen LogP contribution in [0, 0.1) is 0 Å². The number of anilines is 3. The number of benzene rings is 8. The van der Waals surface area contributed by atoms with Crippen molar-refractivity contribution in [2.45, 2.75) is 0 Å². The molecule has 0 radical (unpaired) electrons.